The summed E-state index contributed by atoms with van der Waals surface area (Å²) in [4.78, 5) is 10.3. The third kappa shape index (κ3) is 5.10. The lowest BCUT2D eigenvalue weighted by molar-refractivity contribution is 0.164. The summed E-state index contributed by atoms with van der Waals surface area (Å²) in [5.41, 5.74) is 0. The first-order valence-corrected chi connectivity index (χ1v) is 2.71. The molecule has 0 aromatic heterocycles. The van der Waals surface area contributed by atoms with E-state index >= 15 is 0 Å². The van der Waals surface area contributed by atoms with Crippen LogP contribution in [0, 0.1) is 0 Å². The molecule has 0 saturated heterocycles. The highest BCUT2D eigenvalue weighted by Gasteiger charge is 1.94. The van der Waals surface area contributed by atoms with E-state index in [1.165, 1.54) is 7.11 Å². The maximum atomic E-state index is 10.3. The van der Waals surface area contributed by atoms with Crippen LogP contribution in [0.3, 0.4) is 0 Å². The second kappa shape index (κ2) is 5.37. The van der Waals surface area contributed by atoms with E-state index in [-0.39, 0.29) is 6.61 Å². The molecule has 1 amide bonds. The Morgan fingerprint density at radius 1 is 1.67 bits per heavy atom. The van der Waals surface area contributed by atoms with Gasteiger partial charge in [-0.1, -0.05) is 0 Å². The van der Waals surface area contributed by atoms with Crippen LogP contribution in [0.25, 0.3) is 0 Å². The van der Waals surface area contributed by atoms with E-state index in [0.29, 0.717) is 13.0 Å². The van der Waals surface area contributed by atoms with Gasteiger partial charge in [0.25, 0.3) is 0 Å². The van der Waals surface area contributed by atoms with Crippen LogP contribution < -0.4 is 5.32 Å². The van der Waals surface area contributed by atoms with Gasteiger partial charge in [-0.05, 0) is 6.42 Å². The predicted octanol–water partition coefficient (Wildman–Crippen LogP) is 0.163. The molecule has 0 aliphatic rings. The summed E-state index contributed by atoms with van der Waals surface area (Å²) in [7, 11) is 1.28. The van der Waals surface area contributed by atoms with Crippen molar-refractivity contribution in [2.45, 2.75) is 6.42 Å². The summed E-state index contributed by atoms with van der Waals surface area (Å²) in [5, 5.41) is 12.2. The van der Waals surface area contributed by atoms with E-state index in [9.17, 15) is 9.90 Å². The summed E-state index contributed by atoms with van der Waals surface area (Å²) < 4.78 is 4.24. The Bertz CT molecular complexity index is 84.3. The molecule has 0 heterocycles. The Hall–Kier alpha value is -0.770. The average molecular weight is 132 g/mol. The zero-order chi connectivity index (χ0) is 7.11. The van der Waals surface area contributed by atoms with E-state index in [1.807, 2.05) is 0 Å². The number of rotatable bonds is 3. The van der Waals surface area contributed by atoms with Crippen molar-refractivity contribution in [2.24, 2.45) is 0 Å². The standard InChI is InChI=1S/C5H10NO3/c1-9-5(8)6-3-2-4-7/h2-4H2,1H3,(H,6,8). The second-order valence-corrected chi connectivity index (χ2v) is 1.48. The number of carbonyl (C=O) groups excluding carboxylic acids is 1. The second-order valence-electron chi connectivity index (χ2n) is 1.48. The summed E-state index contributed by atoms with van der Waals surface area (Å²) in [6.45, 7) is 0.236. The van der Waals surface area contributed by atoms with Crippen molar-refractivity contribution in [2.75, 3.05) is 20.3 Å². The van der Waals surface area contributed by atoms with Crippen molar-refractivity contribution in [3.8, 4) is 0 Å². The largest absolute Gasteiger partial charge is 0.453 e. The van der Waals surface area contributed by atoms with Gasteiger partial charge in [-0.2, -0.15) is 0 Å². The van der Waals surface area contributed by atoms with Crippen LogP contribution in [-0.2, 0) is 9.84 Å². The third-order valence-corrected chi connectivity index (χ3v) is 0.776. The molecule has 0 aliphatic carbocycles. The van der Waals surface area contributed by atoms with Gasteiger partial charge in [0.2, 0.25) is 0 Å². The molecule has 0 bridgehead atoms. The molecule has 0 saturated carbocycles. The van der Waals surface area contributed by atoms with Crippen LogP contribution in [-0.4, -0.2) is 26.4 Å². The number of carbonyl (C=O) groups is 1. The van der Waals surface area contributed by atoms with E-state index < -0.39 is 6.09 Å². The van der Waals surface area contributed by atoms with Gasteiger partial charge in [-0.15, -0.1) is 0 Å². The number of alkyl carbamates (subject to hydrolysis) is 1. The minimum Gasteiger partial charge on any atom is -0.453 e. The first-order valence-electron chi connectivity index (χ1n) is 2.71. The Labute approximate surface area is 53.8 Å². The average Bonchev–Trinajstić information content (AvgIpc) is 1.89. The Morgan fingerprint density at radius 3 is 2.78 bits per heavy atom. The Morgan fingerprint density at radius 2 is 2.33 bits per heavy atom. The van der Waals surface area contributed by atoms with Gasteiger partial charge in [-0.3, -0.25) is 0 Å². The molecule has 0 aromatic carbocycles. The van der Waals surface area contributed by atoms with Gasteiger partial charge in [0.15, 0.2) is 0 Å². The minimum absolute atomic E-state index is 0.163. The minimum atomic E-state index is -0.483. The molecule has 0 spiro atoms. The Kier molecular flexibility index (Phi) is 4.91. The van der Waals surface area contributed by atoms with Crippen LogP contribution in [0.4, 0.5) is 4.79 Å². The van der Waals surface area contributed by atoms with Gasteiger partial charge in [0, 0.05) is 6.54 Å². The first kappa shape index (κ1) is 8.23. The predicted molar refractivity (Wildman–Crippen MR) is 30.6 cm³/mol. The first-order chi connectivity index (χ1) is 4.31. The van der Waals surface area contributed by atoms with Crippen molar-refractivity contribution < 1.29 is 14.6 Å². The van der Waals surface area contributed by atoms with E-state index in [1.54, 1.807) is 0 Å². The molecule has 0 fully saturated rings. The molecule has 53 valence electrons. The van der Waals surface area contributed by atoms with E-state index in [4.69, 9.17) is 0 Å². The molecule has 0 aromatic rings. The fourth-order valence-corrected chi connectivity index (χ4v) is 0.335. The number of hydrogen-bond acceptors (Lipinski definition) is 2. The number of ether oxygens (including phenoxy) is 1. The SMILES string of the molecule is COC(=O)NCCC[O]. The summed E-state index contributed by atoms with van der Waals surface area (Å²) >= 11 is 0. The normalized spacial score (nSPS) is 8.67. The van der Waals surface area contributed by atoms with Crippen molar-refractivity contribution in [1.82, 2.24) is 5.32 Å². The number of hydrogen-bond donors (Lipinski definition) is 1. The molecule has 4 heteroatoms. The highest BCUT2D eigenvalue weighted by molar-refractivity contribution is 5.66. The molecule has 1 radical (unpaired) electrons. The van der Waals surface area contributed by atoms with Crippen molar-refractivity contribution >= 4 is 6.09 Å². The topological polar surface area (TPSA) is 58.2 Å². The lowest BCUT2D eigenvalue weighted by Crippen LogP contribution is -2.24. The van der Waals surface area contributed by atoms with Crippen LogP contribution in [0.15, 0.2) is 0 Å². The van der Waals surface area contributed by atoms with Crippen LogP contribution >= 0.6 is 0 Å². The molecular formula is C5H10NO3. The van der Waals surface area contributed by atoms with Gasteiger partial charge < -0.3 is 10.1 Å². The van der Waals surface area contributed by atoms with Crippen LogP contribution in [0.5, 0.6) is 0 Å². The van der Waals surface area contributed by atoms with Gasteiger partial charge in [0.1, 0.15) is 0 Å². The lowest BCUT2D eigenvalue weighted by atomic mass is 10.5. The smallest absolute Gasteiger partial charge is 0.406 e. The molecule has 0 aliphatic heterocycles. The quantitative estimate of drug-likeness (QED) is 0.556. The maximum absolute atomic E-state index is 10.3. The number of nitrogens with one attached hydrogen (secondary N) is 1. The molecular weight excluding hydrogens is 122 g/mol. The molecule has 0 atom stereocenters. The highest BCUT2D eigenvalue weighted by atomic mass is 16.5. The zero-order valence-electron chi connectivity index (χ0n) is 5.35. The van der Waals surface area contributed by atoms with Crippen molar-refractivity contribution in [1.29, 1.82) is 0 Å². The fourth-order valence-electron chi connectivity index (χ4n) is 0.335. The molecule has 4 nitrogen and oxygen atoms in total. The number of amides is 1. The fraction of sp³-hybridized carbons (Fsp3) is 0.800. The molecule has 1 N–H and O–H groups in total. The monoisotopic (exact) mass is 132 g/mol. The summed E-state index contributed by atoms with van der Waals surface area (Å²) in [5.74, 6) is 0. The van der Waals surface area contributed by atoms with Crippen LogP contribution in [0.2, 0.25) is 0 Å². The van der Waals surface area contributed by atoms with Crippen LogP contribution in [0.1, 0.15) is 6.42 Å². The molecule has 9 heavy (non-hydrogen) atoms. The maximum Gasteiger partial charge on any atom is 0.406 e. The van der Waals surface area contributed by atoms with E-state index in [2.05, 4.69) is 10.1 Å². The van der Waals surface area contributed by atoms with Crippen molar-refractivity contribution in [3.63, 3.8) is 0 Å². The molecule has 0 rings (SSSR count). The van der Waals surface area contributed by atoms with Crippen molar-refractivity contribution in [3.05, 3.63) is 0 Å². The highest BCUT2D eigenvalue weighted by Crippen LogP contribution is 1.74. The zero-order valence-corrected chi connectivity index (χ0v) is 5.35. The van der Waals surface area contributed by atoms with E-state index in [0.717, 1.165) is 0 Å². The van der Waals surface area contributed by atoms with Gasteiger partial charge in [0.05, 0.1) is 13.7 Å². The summed E-state index contributed by atoms with van der Waals surface area (Å²) in [6.07, 6.45) is -0.0294. The third-order valence-electron chi connectivity index (χ3n) is 0.776. The number of methoxy groups -OCH3 is 1. The summed E-state index contributed by atoms with van der Waals surface area (Å²) in [6, 6.07) is 0. The lowest BCUT2D eigenvalue weighted by Gasteiger charge is -1.99. The van der Waals surface area contributed by atoms with Gasteiger partial charge >= 0.3 is 6.09 Å². The van der Waals surface area contributed by atoms with Gasteiger partial charge in [-0.25, -0.2) is 9.90 Å². The Balaban J connectivity index is 2.97. The molecule has 0 unspecified atom stereocenters.